The maximum Gasteiger partial charge on any atom is 0.250 e. The highest BCUT2D eigenvalue weighted by Crippen LogP contribution is 2.28. The Hall–Kier alpha value is -3.44. The van der Waals surface area contributed by atoms with Crippen LogP contribution < -0.4 is 11.1 Å². The first kappa shape index (κ1) is 17.6. The van der Waals surface area contributed by atoms with E-state index < -0.39 is 5.91 Å². The second-order valence-electron chi connectivity index (χ2n) is 7.54. The number of amides is 1. The molecule has 1 aliphatic rings. The Labute approximate surface area is 169 Å². The number of nitrogens with zero attached hydrogens (tertiary/aromatic N) is 1. The summed E-state index contributed by atoms with van der Waals surface area (Å²) in [7, 11) is 0. The van der Waals surface area contributed by atoms with Gasteiger partial charge in [0.25, 0.3) is 5.91 Å². The molecule has 4 aromatic rings. The van der Waals surface area contributed by atoms with E-state index in [4.69, 9.17) is 5.73 Å². The van der Waals surface area contributed by atoms with Gasteiger partial charge in [-0.15, -0.1) is 0 Å². The monoisotopic (exact) mass is 382 g/mol. The van der Waals surface area contributed by atoms with Crippen LogP contribution in [0.4, 0.5) is 0 Å². The number of primary amides is 1. The zero-order valence-electron chi connectivity index (χ0n) is 16.0. The topological polar surface area (TPSA) is 83.8 Å². The van der Waals surface area contributed by atoms with E-state index >= 15 is 0 Å². The highest BCUT2D eigenvalue weighted by atomic mass is 16.1. The fourth-order valence-corrected chi connectivity index (χ4v) is 3.67. The van der Waals surface area contributed by atoms with Crippen molar-refractivity contribution < 1.29 is 4.79 Å². The predicted molar refractivity (Wildman–Crippen MR) is 115 cm³/mol. The average molecular weight is 382 g/mol. The summed E-state index contributed by atoms with van der Waals surface area (Å²) < 4.78 is 0. The summed E-state index contributed by atoms with van der Waals surface area (Å²) in [5.74, 6) is 0.254. The summed E-state index contributed by atoms with van der Waals surface area (Å²) in [5.41, 5.74) is 12.0. The van der Waals surface area contributed by atoms with Crippen LogP contribution in [-0.2, 0) is 6.54 Å². The van der Waals surface area contributed by atoms with E-state index in [0.29, 0.717) is 17.1 Å². The van der Waals surface area contributed by atoms with Crippen molar-refractivity contribution in [2.75, 3.05) is 0 Å². The van der Waals surface area contributed by atoms with Gasteiger partial charge in [-0.2, -0.15) is 0 Å². The lowest BCUT2D eigenvalue weighted by atomic mass is 9.98. The lowest BCUT2D eigenvalue weighted by Crippen LogP contribution is -2.15. The van der Waals surface area contributed by atoms with Gasteiger partial charge >= 0.3 is 0 Å². The molecule has 3 aromatic carbocycles. The van der Waals surface area contributed by atoms with Gasteiger partial charge in [0.05, 0.1) is 11.1 Å². The molecule has 1 fully saturated rings. The van der Waals surface area contributed by atoms with Crippen molar-refractivity contribution in [3.8, 4) is 22.5 Å². The summed E-state index contributed by atoms with van der Waals surface area (Å²) in [5, 5.41) is 3.60. The van der Waals surface area contributed by atoms with Crippen molar-refractivity contribution in [3.63, 3.8) is 0 Å². The van der Waals surface area contributed by atoms with E-state index in [0.717, 1.165) is 23.4 Å². The van der Waals surface area contributed by atoms with Gasteiger partial charge in [0.1, 0.15) is 11.3 Å². The van der Waals surface area contributed by atoms with Gasteiger partial charge in [-0.3, -0.25) is 4.79 Å². The van der Waals surface area contributed by atoms with Gasteiger partial charge in [-0.05, 0) is 41.7 Å². The molecule has 0 saturated heterocycles. The highest BCUT2D eigenvalue weighted by molar-refractivity contribution is 6.04. The molecule has 0 atom stereocenters. The highest BCUT2D eigenvalue weighted by Gasteiger charge is 2.20. The number of rotatable bonds is 6. The summed E-state index contributed by atoms with van der Waals surface area (Å²) in [6.45, 7) is 0.891. The zero-order chi connectivity index (χ0) is 19.8. The molecular weight excluding hydrogens is 360 g/mol. The van der Waals surface area contributed by atoms with E-state index in [2.05, 4.69) is 63.8 Å². The number of nitrogens with one attached hydrogen (secondary N) is 2. The van der Waals surface area contributed by atoms with Gasteiger partial charge in [-0.1, -0.05) is 54.6 Å². The second-order valence-corrected chi connectivity index (χ2v) is 7.54. The Balaban J connectivity index is 1.46. The van der Waals surface area contributed by atoms with Crippen molar-refractivity contribution in [1.82, 2.24) is 15.3 Å². The molecule has 0 unspecified atom stereocenters. The van der Waals surface area contributed by atoms with Crippen LogP contribution in [0.25, 0.3) is 33.5 Å². The minimum absolute atomic E-state index is 0.429. The number of fused-ring (bicyclic) bond motifs is 1. The zero-order valence-corrected chi connectivity index (χ0v) is 16.0. The number of aromatic nitrogens is 2. The number of hydrogen-bond acceptors (Lipinski definition) is 3. The number of H-pyrrole nitrogens is 1. The summed E-state index contributed by atoms with van der Waals surface area (Å²) in [6, 6.07) is 23.0. The Kier molecular flexibility index (Phi) is 4.37. The number of benzene rings is 3. The van der Waals surface area contributed by atoms with E-state index in [9.17, 15) is 4.79 Å². The second kappa shape index (κ2) is 7.18. The summed E-state index contributed by atoms with van der Waals surface area (Å²) in [4.78, 5) is 19.6. The maximum atomic E-state index is 11.7. The van der Waals surface area contributed by atoms with Crippen LogP contribution in [0.5, 0.6) is 0 Å². The van der Waals surface area contributed by atoms with Gasteiger partial charge < -0.3 is 16.0 Å². The van der Waals surface area contributed by atoms with Gasteiger partial charge in [-0.25, -0.2) is 4.98 Å². The fourth-order valence-electron chi connectivity index (χ4n) is 3.67. The van der Waals surface area contributed by atoms with Gasteiger partial charge in [0, 0.05) is 18.2 Å². The molecule has 0 radical (unpaired) electrons. The van der Waals surface area contributed by atoms with E-state index in [1.54, 1.807) is 12.1 Å². The lowest BCUT2D eigenvalue weighted by molar-refractivity contribution is 0.100. The molecular formula is C24H22N4O. The first-order chi connectivity index (χ1) is 14.2. The normalized spacial score (nSPS) is 13.7. The quantitative estimate of drug-likeness (QED) is 0.466. The van der Waals surface area contributed by atoms with Gasteiger partial charge in [0.15, 0.2) is 0 Å². The molecule has 5 rings (SSSR count). The SMILES string of the molecule is NC(=O)c1cccc2[nH]c(-c3ccc(-c4ccccc4CNC4CC4)cc3)nc12. The molecule has 0 spiro atoms. The van der Waals surface area contributed by atoms with Crippen LogP contribution in [-0.4, -0.2) is 21.9 Å². The molecule has 144 valence electrons. The third kappa shape index (κ3) is 3.52. The standard InChI is InChI=1S/C24H22N4O/c25-23(29)20-6-3-7-21-22(20)28-24(27-21)16-10-8-15(9-11-16)19-5-2-1-4-17(19)14-26-18-12-13-18/h1-11,18,26H,12-14H2,(H2,25,29)(H,27,28). The molecule has 1 aliphatic carbocycles. The van der Waals surface area contributed by atoms with E-state index in [1.165, 1.54) is 29.5 Å². The third-order valence-corrected chi connectivity index (χ3v) is 5.42. The van der Waals surface area contributed by atoms with Crippen LogP contribution in [0.15, 0.2) is 66.7 Å². The van der Waals surface area contributed by atoms with E-state index in [1.807, 2.05) is 6.07 Å². The molecule has 0 aliphatic heterocycles. The third-order valence-electron chi connectivity index (χ3n) is 5.42. The Morgan fingerprint density at radius 2 is 1.76 bits per heavy atom. The predicted octanol–water partition coefficient (Wildman–Crippen LogP) is 4.25. The van der Waals surface area contributed by atoms with Crippen LogP contribution in [0, 0.1) is 0 Å². The number of nitrogens with two attached hydrogens (primary N) is 1. The summed E-state index contributed by atoms with van der Waals surface area (Å²) in [6.07, 6.45) is 2.57. The number of carbonyl (C=O) groups is 1. The van der Waals surface area contributed by atoms with Gasteiger partial charge in [0.2, 0.25) is 0 Å². The smallest absolute Gasteiger partial charge is 0.250 e. The lowest BCUT2D eigenvalue weighted by Gasteiger charge is -2.11. The molecule has 5 heteroatoms. The Bertz CT molecular complexity index is 1190. The van der Waals surface area contributed by atoms with Crippen LogP contribution >= 0.6 is 0 Å². The molecule has 5 nitrogen and oxygen atoms in total. The first-order valence-corrected chi connectivity index (χ1v) is 9.90. The molecule has 29 heavy (non-hydrogen) atoms. The first-order valence-electron chi connectivity index (χ1n) is 9.90. The fraction of sp³-hybridized carbons (Fsp3) is 0.167. The van der Waals surface area contributed by atoms with Crippen molar-refractivity contribution in [3.05, 3.63) is 77.9 Å². The van der Waals surface area contributed by atoms with Crippen molar-refractivity contribution in [2.45, 2.75) is 25.4 Å². The Morgan fingerprint density at radius 3 is 2.52 bits per heavy atom. The minimum atomic E-state index is -0.472. The number of carbonyl (C=O) groups excluding carboxylic acids is 1. The number of aromatic amines is 1. The van der Waals surface area contributed by atoms with Crippen molar-refractivity contribution >= 4 is 16.9 Å². The largest absolute Gasteiger partial charge is 0.366 e. The van der Waals surface area contributed by atoms with Crippen LogP contribution in [0.1, 0.15) is 28.8 Å². The Morgan fingerprint density at radius 1 is 1.00 bits per heavy atom. The molecule has 1 heterocycles. The van der Waals surface area contributed by atoms with E-state index in [-0.39, 0.29) is 0 Å². The van der Waals surface area contributed by atoms with Crippen LogP contribution in [0.3, 0.4) is 0 Å². The molecule has 1 saturated carbocycles. The summed E-state index contributed by atoms with van der Waals surface area (Å²) >= 11 is 0. The number of para-hydroxylation sites is 1. The number of hydrogen-bond donors (Lipinski definition) is 3. The minimum Gasteiger partial charge on any atom is -0.366 e. The molecule has 4 N–H and O–H groups in total. The van der Waals surface area contributed by atoms with Crippen molar-refractivity contribution in [1.29, 1.82) is 0 Å². The maximum absolute atomic E-state index is 11.7. The van der Waals surface area contributed by atoms with Crippen molar-refractivity contribution in [2.24, 2.45) is 5.73 Å². The number of imidazole rings is 1. The molecule has 0 bridgehead atoms. The molecule has 1 amide bonds. The molecule has 1 aromatic heterocycles. The average Bonchev–Trinajstić information content (AvgIpc) is 3.48. The van der Waals surface area contributed by atoms with Crippen LogP contribution in [0.2, 0.25) is 0 Å².